The lowest BCUT2D eigenvalue weighted by molar-refractivity contribution is 0.590. The largest absolute Gasteiger partial charge is 0.377 e. The maximum Gasteiger partial charge on any atom is 0.333 e. The van der Waals surface area contributed by atoms with E-state index in [4.69, 9.17) is 0 Å². The van der Waals surface area contributed by atoms with Gasteiger partial charge in [-0.3, -0.25) is 0 Å². The lowest BCUT2D eigenvalue weighted by atomic mass is 9.29. The first-order valence-corrected chi connectivity index (χ1v) is 22.3. The molecular formula is C56H44B2N4. The van der Waals surface area contributed by atoms with Gasteiger partial charge in [0.1, 0.15) is 0 Å². The highest BCUT2D eigenvalue weighted by molar-refractivity contribution is 7.06. The number of nitrogens with zero attached hydrogens (tertiary/aromatic N) is 4. The number of rotatable bonds is 3. The number of anilines is 11. The van der Waals surface area contributed by atoms with E-state index >= 15 is 0 Å². The minimum Gasteiger partial charge on any atom is -0.377 e. The van der Waals surface area contributed by atoms with Crippen LogP contribution in [0.2, 0.25) is 0 Å². The molecule has 294 valence electrons. The van der Waals surface area contributed by atoms with Crippen LogP contribution in [0.3, 0.4) is 0 Å². The molecule has 8 aromatic rings. The van der Waals surface area contributed by atoms with Crippen LogP contribution in [-0.2, 0) is 10.8 Å². The van der Waals surface area contributed by atoms with Crippen molar-refractivity contribution in [1.29, 1.82) is 0 Å². The van der Waals surface area contributed by atoms with Gasteiger partial charge in [0.05, 0.1) is 0 Å². The van der Waals surface area contributed by atoms with Crippen molar-refractivity contribution in [2.75, 3.05) is 19.5 Å². The van der Waals surface area contributed by atoms with E-state index in [1.807, 2.05) is 0 Å². The second-order valence-corrected chi connectivity index (χ2v) is 20.1. The van der Waals surface area contributed by atoms with Gasteiger partial charge < -0.3 is 19.5 Å². The zero-order valence-corrected chi connectivity index (χ0v) is 36.0. The summed E-state index contributed by atoms with van der Waals surface area (Å²) in [5, 5.41) is 0. The van der Waals surface area contributed by atoms with Crippen molar-refractivity contribution < 1.29 is 0 Å². The lowest BCUT2D eigenvalue weighted by Crippen LogP contribution is -2.72. The monoisotopic (exact) mass is 794 g/mol. The summed E-state index contributed by atoms with van der Waals surface area (Å²) in [5.74, 6) is 0. The van der Waals surface area contributed by atoms with Crippen molar-refractivity contribution in [3.8, 4) is 22.3 Å². The van der Waals surface area contributed by atoms with Crippen LogP contribution in [0.25, 0.3) is 22.3 Å². The molecule has 0 fully saturated rings. The molecule has 14 rings (SSSR count). The Morgan fingerprint density at radius 3 is 1.13 bits per heavy atom. The Bertz CT molecular complexity index is 3100. The molecule has 0 unspecified atom stereocenters. The predicted molar refractivity (Wildman–Crippen MR) is 264 cm³/mol. The summed E-state index contributed by atoms with van der Waals surface area (Å²) >= 11 is 0. The summed E-state index contributed by atoms with van der Waals surface area (Å²) < 4.78 is 0. The van der Waals surface area contributed by atoms with E-state index in [1.54, 1.807) is 0 Å². The van der Waals surface area contributed by atoms with Gasteiger partial charge in [-0.2, -0.15) is 0 Å². The van der Waals surface area contributed by atoms with E-state index in [1.165, 1.54) is 123 Å². The number of fused-ring (bicyclic) bond motifs is 2. The van der Waals surface area contributed by atoms with Crippen molar-refractivity contribution in [1.82, 2.24) is 0 Å². The maximum absolute atomic E-state index is 2.83. The number of hydrogen-bond donors (Lipinski definition) is 0. The van der Waals surface area contributed by atoms with Gasteiger partial charge in [-0.1, -0.05) is 126 Å². The van der Waals surface area contributed by atoms with Crippen LogP contribution in [0.1, 0.15) is 52.7 Å². The third kappa shape index (κ3) is 4.20. The van der Waals surface area contributed by atoms with E-state index in [9.17, 15) is 0 Å². The molecule has 0 N–H and O–H groups in total. The highest BCUT2D eigenvalue weighted by Crippen LogP contribution is 2.58. The average Bonchev–Trinajstić information content (AvgIpc) is 3.28. The molecule has 6 heteroatoms. The topological polar surface area (TPSA) is 13.0 Å². The molecule has 0 spiro atoms. The molecule has 0 saturated heterocycles. The van der Waals surface area contributed by atoms with Crippen LogP contribution in [0.4, 0.5) is 62.6 Å². The van der Waals surface area contributed by atoms with Gasteiger partial charge in [-0.25, -0.2) is 0 Å². The molecule has 6 heterocycles. The minimum absolute atomic E-state index is 0.0131. The molecular weight excluding hydrogens is 750 g/mol. The van der Waals surface area contributed by atoms with Crippen molar-refractivity contribution in [3.63, 3.8) is 0 Å². The number of para-hydroxylation sites is 3. The molecule has 0 aliphatic carbocycles. The Labute approximate surface area is 364 Å². The summed E-state index contributed by atoms with van der Waals surface area (Å²) in [6.07, 6.45) is 0. The molecule has 6 aliphatic heterocycles. The van der Waals surface area contributed by atoms with E-state index in [-0.39, 0.29) is 24.4 Å². The fourth-order valence-electron chi connectivity index (χ4n) is 12.0. The normalized spacial score (nSPS) is 15.1. The summed E-state index contributed by atoms with van der Waals surface area (Å²) in [5.41, 5.74) is 28.9. The summed E-state index contributed by atoms with van der Waals surface area (Å²) in [6, 6.07) is 60.2. The fourth-order valence-corrected chi connectivity index (χ4v) is 12.0. The molecule has 8 aromatic carbocycles. The van der Waals surface area contributed by atoms with Gasteiger partial charge in [0, 0.05) is 73.7 Å². The lowest BCUT2D eigenvalue weighted by Gasteiger charge is -2.56. The van der Waals surface area contributed by atoms with Gasteiger partial charge in [0.2, 0.25) is 0 Å². The summed E-state index contributed by atoms with van der Waals surface area (Å²) in [6.45, 7) is 14.3. The summed E-state index contributed by atoms with van der Waals surface area (Å²) in [4.78, 5) is 10.5. The molecule has 6 aliphatic rings. The first kappa shape index (κ1) is 34.8. The second kappa shape index (κ2) is 11.5. The van der Waals surface area contributed by atoms with Crippen molar-refractivity contribution >= 4 is 103 Å². The van der Waals surface area contributed by atoms with Gasteiger partial charge in [0.25, 0.3) is 6.71 Å². The SMILES string of the molecule is CC(C)(C)c1cc2c3c(c1)N(c1ccccc1)c1cc(C(C)(C)C)cc4c1B3N1c3c-2ccc2c3B3c5c(cccc5N(c5ccccc5)c5ccc-4c1c53)N2c1ccccc1. The number of hydrogen-bond acceptors (Lipinski definition) is 4. The van der Waals surface area contributed by atoms with Crippen LogP contribution in [-0.4, -0.2) is 13.6 Å². The van der Waals surface area contributed by atoms with Gasteiger partial charge in [-0.05, 0) is 133 Å². The standard InChI is InChI=1S/C56H44B2N4/c1-55(2,3)33-29-40-38-25-27-44-51-53(38)62-54-39(41-30-34(56(4,5)6)32-47-49(41)58(62)48(40)46(31-33)61(47)37-21-14-9-15-22-37)26-28-45-52(54)57(51)50-42(59(44)35-17-10-7-11-18-35)23-16-24-43(50)60(45)36-19-12-8-13-20-36/h7-32H,1-6H3. The van der Waals surface area contributed by atoms with Crippen LogP contribution in [0.5, 0.6) is 0 Å². The van der Waals surface area contributed by atoms with Crippen LogP contribution < -0.4 is 46.8 Å². The molecule has 4 nitrogen and oxygen atoms in total. The van der Waals surface area contributed by atoms with E-state index in [0.29, 0.717) is 0 Å². The molecule has 0 bridgehead atoms. The third-order valence-electron chi connectivity index (χ3n) is 14.7. The van der Waals surface area contributed by atoms with E-state index < -0.39 is 0 Å². The highest BCUT2D eigenvalue weighted by Gasteiger charge is 2.57. The Kier molecular flexibility index (Phi) is 6.45. The first-order valence-electron chi connectivity index (χ1n) is 22.3. The van der Waals surface area contributed by atoms with Crippen molar-refractivity contribution in [3.05, 3.63) is 169 Å². The van der Waals surface area contributed by atoms with Gasteiger partial charge >= 0.3 is 6.85 Å². The predicted octanol–water partition coefficient (Wildman–Crippen LogP) is 11.4. The quantitative estimate of drug-likeness (QED) is 0.165. The maximum atomic E-state index is 2.83. The van der Waals surface area contributed by atoms with E-state index in [0.717, 1.165) is 0 Å². The molecule has 0 saturated carbocycles. The third-order valence-corrected chi connectivity index (χ3v) is 14.7. The Morgan fingerprint density at radius 1 is 0.339 bits per heavy atom. The van der Waals surface area contributed by atoms with E-state index in [2.05, 4.69) is 219 Å². The van der Waals surface area contributed by atoms with Gasteiger partial charge in [0.15, 0.2) is 0 Å². The van der Waals surface area contributed by atoms with Gasteiger partial charge in [-0.15, -0.1) is 0 Å². The highest BCUT2D eigenvalue weighted by atomic mass is 15.2. The van der Waals surface area contributed by atoms with Crippen LogP contribution in [0.15, 0.2) is 158 Å². The number of benzene rings is 8. The van der Waals surface area contributed by atoms with Crippen LogP contribution in [0, 0.1) is 0 Å². The van der Waals surface area contributed by atoms with Crippen molar-refractivity contribution in [2.24, 2.45) is 0 Å². The average molecular weight is 795 g/mol. The zero-order valence-electron chi connectivity index (χ0n) is 36.0. The van der Waals surface area contributed by atoms with Crippen molar-refractivity contribution in [2.45, 2.75) is 52.4 Å². The Balaban J connectivity index is 1.20. The molecule has 0 atom stereocenters. The fraction of sp³-hybridized carbons (Fsp3) is 0.143. The Hall–Kier alpha value is -6.91. The summed E-state index contributed by atoms with van der Waals surface area (Å²) in [7, 11) is 0. The minimum atomic E-state index is -0.0708. The van der Waals surface area contributed by atoms with Crippen LogP contribution >= 0.6 is 0 Å². The molecule has 62 heavy (non-hydrogen) atoms. The molecule has 0 radical (unpaired) electrons. The molecule has 0 amide bonds. The first-order chi connectivity index (χ1) is 30.1. The Morgan fingerprint density at radius 2 is 0.726 bits per heavy atom. The smallest absolute Gasteiger partial charge is 0.333 e. The second-order valence-electron chi connectivity index (χ2n) is 20.1. The molecule has 0 aromatic heterocycles. The zero-order chi connectivity index (χ0) is 41.6.